The molecule has 0 radical (unpaired) electrons. The lowest BCUT2D eigenvalue weighted by Gasteiger charge is -2.40. The molecule has 0 unspecified atom stereocenters. The van der Waals surface area contributed by atoms with E-state index in [1.807, 2.05) is 7.05 Å². The smallest absolute Gasteiger partial charge is 0.219 e. The summed E-state index contributed by atoms with van der Waals surface area (Å²) in [5.74, 6) is -0.280. The van der Waals surface area contributed by atoms with Gasteiger partial charge in [0.15, 0.2) is 0 Å². The summed E-state index contributed by atoms with van der Waals surface area (Å²) >= 11 is 0. The molecule has 0 spiro atoms. The number of carbonyl (C=O) groups is 1. The van der Waals surface area contributed by atoms with Crippen LogP contribution in [0.4, 0.5) is 0 Å². The number of primary amides is 1. The Morgan fingerprint density at radius 3 is 2.50 bits per heavy atom. The number of hydrogen-bond donors (Lipinski definition) is 2. The molecule has 1 rings (SSSR count). The van der Waals surface area contributed by atoms with E-state index >= 15 is 0 Å². The predicted molar refractivity (Wildman–Crippen MR) is 36.4 cm³/mol. The molecule has 0 atom stereocenters. The normalized spacial score (nSPS) is 21.7. The van der Waals surface area contributed by atoms with Crippen molar-refractivity contribution in [2.24, 2.45) is 5.73 Å². The monoisotopic (exact) mass is 144 g/mol. The number of amides is 1. The van der Waals surface area contributed by atoms with E-state index < -0.39 is 0 Å². The molecular formula is C6H12N2O2. The van der Waals surface area contributed by atoms with Crippen molar-refractivity contribution in [3.63, 3.8) is 0 Å². The first-order valence-electron chi connectivity index (χ1n) is 3.23. The summed E-state index contributed by atoms with van der Waals surface area (Å²) in [5, 5.41) is 3.02. The van der Waals surface area contributed by atoms with Crippen molar-refractivity contribution in [3.05, 3.63) is 0 Å². The molecule has 0 aromatic rings. The molecule has 10 heavy (non-hydrogen) atoms. The van der Waals surface area contributed by atoms with Gasteiger partial charge in [-0.2, -0.15) is 0 Å². The summed E-state index contributed by atoms with van der Waals surface area (Å²) in [4.78, 5) is 10.5. The summed E-state index contributed by atoms with van der Waals surface area (Å²) in [6.45, 7) is 1.18. The average Bonchev–Trinajstić information content (AvgIpc) is 1.78. The molecule has 1 heterocycles. The molecule has 0 aliphatic carbocycles. The molecule has 0 bridgehead atoms. The summed E-state index contributed by atoms with van der Waals surface area (Å²) in [5.41, 5.74) is 4.87. The average molecular weight is 144 g/mol. The molecule has 0 aromatic heterocycles. The fourth-order valence-electron chi connectivity index (χ4n) is 1.02. The first kappa shape index (κ1) is 7.50. The molecule has 1 fully saturated rings. The molecule has 1 aliphatic rings. The largest absolute Gasteiger partial charge is 0.377 e. The number of nitrogens with two attached hydrogens (primary N) is 1. The van der Waals surface area contributed by atoms with Gasteiger partial charge in [-0.1, -0.05) is 0 Å². The summed E-state index contributed by atoms with van der Waals surface area (Å²) in [6.07, 6.45) is 0.365. The van der Waals surface area contributed by atoms with Gasteiger partial charge in [-0.15, -0.1) is 0 Å². The number of ether oxygens (including phenoxy) is 1. The first-order valence-corrected chi connectivity index (χ1v) is 3.23. The van der Waals surface area contributed by atoms with Crippen molar-refractivity contribution in [1.29, 1.82) is 0 Å². The SMILES string of the molecule is CNC1(CC(N)=O)COC1. The van der Waals surface area contributed by atoms with Crippen molar-refractivity contribution in [2.75, 3.05) is 20.3 Å². The minimum absolute atomic E-state index is 0.161. The van der Waals surface area contributed by atoms with Gasteiger partial charge in [-0.3, -0.25) is 4.79 Å². The van der Waals surface area contributed by atoms with Gasteiger partial charge >= 0.3 is 0 Å². The summed E-state index contributed by atoms with van der Waals surface area (Å²) in [7, 11) is 1.81. The molecule has 1 saturated heterocycles. The van der Waals surface area contributed by atoms with E-state index in [2.05, 4.69) is 5.32 Å². The van der Waals surface area contributed by atoms with Crippen molar-refractivity contribution in [1.82, 2.24) is 5.32 Å². The Morgan fingerprint density at radius 1 is 1.80 bits per heavy atom. The molecule has 58 valence electrons. The topological polar surface area (TPSA) is 64.3 Å². The van der Waals surface area contributed by atoms with Crippen LogP contribution < -0.4 is 11.1 Å². The van der Waals surface area contributed by atoms with Gasteiger partial charge in [-0.25, -0.2) is 0 Å². The Morgan fingerprint density at radius 2 is 2.40 bits per heavy atom. The quantitative estimate of drug-likeness (QED) is 0.525. The van der Waals surface area contributed by atoms with E-state index in [1.54, 1.807) is 0 Å². The van der Waals surface area contributed by atoms with Crippen LogP contribution in [0.25, 0.3) is 0 Å². The zero-order valence-electron chi connectivity index (χ0n) is 6.02. The lowest BCUT2D eigenvalue weighted by molar-refractivity contribution is -0.127. The van der Waals surface area contributed by atoms with Crippen LogP contribution in [0.5, 0.6) is 0 Å². The van der Waals surface area contributed by atoms with E-state index in [9.17, 15) is 4.79 Å². The van der Waals surface area contributed by atoms with Gasteiger partial charge in [0.25, 0.3) is 0 Å². The van der Waals surface area contributed by atoms with Crippen LogP contribution in [0.15, 0.2) is 0 Å². The zero-order chi connectivity index (χ0) is 7.61. The molecular weight excluding hydrogens is 132 g/mol. The van der Waals surface area contributed by atoms with Gasteiger partial charge in [-0.05, 0) is 7.05 Å². The van der Waals surface area contributed by atoms with Gasteiger partial charge in [0.2, 0.25) is 5.91 Å². The number of rotatable bonds is 3. The minimum Gasteiger partial charge on any atom is -0.377 e. The Hall–Kier alpha value is -0.610. The molecule has 3 N–H and O–H groups in total. The molecule has 4 heteroatoms. The fourth-order valence-corrected chi connectivity index (χ4v) is 1.02. The Bertz CT molecular complexity index is 137. The van der Waals surface area contributed by atoms with Crippen LogP contribution in [-0.2, 0) is 9.53 Å². The van der Waals surface area contributed by atoms with Crippen LogP contribution in [0, 0.1) is 0 Å². The second-order valence-corrected chi connectivity index (χ2v) is 2.67. The number of nitrogens with one attached hydrogen (secondary N) is 1. The lowest BCUT2D eigenvalue weighted by atomic mass is 9.93. The van der Waals surface area contributed by atoms with E-state index in [0.717, 1.165) is 0 Å². The van der Waals surface area contributed by atoms with Crippen molar-refractivity contribution in [3.8, 4) is 0 Å². The molecule has 4 nitrogen and oxygen atoms in total. The zero-order valence-corrected chi connectivity index (χ0v) is 6.02. The third-order valence-corrected chi connectivity index (χ3v) is 1.80. The van der Waals surface area contributed by atoms with Gasteiger partial charge in [0.05, 0.1) is 18.8 Å². The molecule has 1 amide bonds. The Labute approximate surface area is 59.7 Å². The highest BCUT2D eigenvalue weighted by Gasteiger charge is 2.38. The third kappa shape index (κ3) is 1.27. The maximum absolute atomic E-state index is 10.5. The second kappa shape index (κ2) is 2.56. The van der Waals surface area contributed by atoms with Crippen molar-refractivity contribution in [2.45, 2.75) is 12.0 Å². The van der Waals surface area contributed by atoms with E-state index in [4.69, 9.17) is 10.5 Å². The standard InChI is InChI=1S/C6H12N2O2/c1-8-6(2-5(7)9)3-10-4-6/h8H,2-4H2,1H3,(H2,7,9). The Balaban J connectivity index is 2.40. The summed E-state index contributed by atoms with van der Waals surface area (Å²) < 4.78 is 4.96. The van der Waals surface area contributed by atoms with E-state index in [-0.39, 0.29) is 11.4 Å². The maximum Gasteiger partial charge on any atom is 0.219 e. The molecule has 1 aliphatic heterocycles. The minimum atomic E-state index is -0.280. The first-order chi connectivity index (χ1) is 4.68. The third-order valence-electron chi connectivity index (χ3n) is 1.80. The summed E-state index contributed by atoms with van der Waals surface area (Å²) in [6, 6.07) is 0. The van der Waals surface area contributed by atoms with Crippen LogP contribution in [0.1, 0.15) is 6.42 Å². The van der Waals surface area contributed by atoms with E-state index in [0.29, 0.717) is 19.6 Å². The Kier molecular flexibility index (Phi) is 1.92. The van der Waals surface area contributed by atoms with Crippen LogP contribution in [0.2, 0.25) is 0 Å². The van der Waals surface area contributed by atoms with Crippen molar-refractivity contribution < 1.29 is 9.53 Å². The highest BCUT2D eigenvalue weighted by Crippen LogP contribution is 2.19. The van der Waals surface area contributed by atoms with Crippen LogP contribution >= 0.6 is 0 Å². The molecule has 0 aromatic carbocycles. The lowest BCUT2D eigenvalue weighted by Crippen LogP contribution is -2.60. The molecule has 0 saturated carbocycles. The van der Waals surface area contributed by atoms with Crippen molar-refractivity contribution >= 4 is 5.91 Å². The van der Waals surface area contributed by atoms with Gasteiger partial charge in [0.1, 0.15) is 0 Å². The fraction of sp³-hybridized carbons (Fsp3) is 0.833. The predicted octanol–water partition coefficient (Wildman–Crippen LogP) is -1.15. The maximum atomic E-state index is 10.5. The van der Waals surface area contributed by atoms with Gasteiger partial charge < -0.3 is 15.8 Å². The van der Waals surface area contributed by atoms with Crippen LogP contribution in [-0.4, -0.2) is 31.7 Å². The van der Waals surface area contributed by atoms with Crippen LogP contribution in [0.3, 0.4) is 0 Å². The second-order valence-electron chi connectivity index (χ2n) is 2.67. The van der Waals surface area contributed by atoms with Gasteiger partial charge in [0, 0.05) is 6.42 Å². The number of hydrogen-bond acceptors (Lipinski definition) is 3. The highest BCUT2D eigenvalue weighted by atomic mass is 16.5. The van der Waals surface area contributed by atoms with E-state index in [1.165, 1.54) is 0 Å². The highest BCUT2D eigenvalue weighted by molar-refractivity contribution is 5.75. The number of carbonyl (C=O) groups excluding carboxylic acids is 1. The number of likely N-dealkylation sites (N-methyl/N-ethyl adjacent to an activating group) is 1.